The monoisotopic (exact) mass is 442 g/mol. The zero-order chi connectivity index (χ0) is 21.0. The van der Waals surface area contributed by atoms with Crippen LogP contribution in [0.3, 0.4) is 0 Å². The second-order valence-electron chi connectivity index (χ2n) is 5.85. The highest BCUT2D eigenvalue weighted by Gasteiger charge is 2.23. The zero-order valence-electron chi connectivity index (χ0n) is 15.2. The van der Waals surface area contributed by atoms with Crippen LogP contribution < -0.4 is 19.9 Å². The lowest BCUT2D eigenvalue weighted by Crippen LogP contribution is -2.42. The Balaban J connectivity index is 1.72. The fraction of sp³-hybridized carbons (Fsp3) is 0.312. The lowest BCUT2D eigenvalue weighted by Gasteiger charge is -2.25. The first kappa shape index (κ1) is 21.0. The Morgan fingerprint density at radius 2 is 2.03 bits per heavy atom. The van der Waals surface area contributed by atoms with Gasteiger partial charge in [0.05, 0.1) is 25.9 Å². The standard InChI is InChI=1S/C16H18N4O7S2/c1-26-12-3-2-10(15(22)23)8-13(12)29(24,25)19-18-14(21)11-9-28-16(17-11)20-4-6-27-7-5-20/h2-3,8-9,19H,4-7H2,1H3,(H,18,21)(H,22,23). The van der Waals surface area contributed by atoms with Gasteiger partial charge in [-0.15, -0.1) is 16.2 Å². The molecule has 11 nitrogen and oxygen atoms in total. The van der Waals surface area contributed by atoms with Crippen molar-refractivity contribution in [3.05, 3.63) is 34.8 Å². The van der Waals surface area contributed by atoms with Crippen LogP contribution >= 0.6 is 11.3 Å². The predicted molar refractivity (Wildman–Crippen MR) is 103 cm³/mol. The third-order valence-corrected chi connectivity index (χ3v) is 6.18. The topological polar surface area (TPSA) is 147 Å². The number of thiazole rings is 1. The number of carboxylic acids is 1. The van der Waals surface area contributed by atoms with Crippen LogP contribution in [0, 0.1) is 0 Å². The summed E-state index contributed by atoms with van der Waals surface area (Å²) in [7, 11) is -3.05. The number of morpholine rings is 1. The summed E-state index contributed by atoms with van der Waals surface area (Å²) in [5.74, 6) is -2.12. The molecule has 1 fully saturated rings. The number of hydrogen-bond donors (Lipinski definition) is 3. The number of sulfonamides is 1. The van der Waals surface area contributed by atoms with Crippen LogP contribution in [0.1, 0.15) is 20.8 Å². The van der Waals surface area contributed by atoms with Gasteiger partial charge in [0.15, 0.2) is 5.13 Å². The van der Waals surface area contributed by atoms with E-state index in [0.29, 0.717) is 31.4 Å². The lowest BCUT2D eigenvalue weighted by molar-refractivity contribution is 0.0696. The molecular weight excluding hydrogens is 424 g/mol. The average molecular weight is 442 g/mol. The van der Waals surface area contributed by atoms with E-state index in [1.165, 1.54) is 36.0 Å². The molecule has 1 aromatic carbocycles. The van der Waals surface area contributed by atoms with Crippen LogP contribution in [0.5, 0.6) is 5.75 Å². The van der Waals surface area contributed by atoms with Crippen molar-refractivity contribution in [3.63, 3.8) is 0 Å². The second-order valence-corrected chi connectivity index (χ2v) is 8.33. The van der Waals surface area contributed by atoms with E-state index in [4.69, 9.17) is 14.6 Å². The maximum atomic E-state index is 12.5. The number of rotatable bonds is 7. The van der Waals surface area contributed by atoms with Crippen molar-refractivity contribution < 1.29 is 32.6 Å². The molecule has 0 spiro atoms. The number of carboxylic acid groups (broad SMARTS) is 1. The van der Waals surface area contributed by atoms with Crippen LogP contribution in [0.15, 0.2) is 28.5 Å². The van der Waals surface area contributed by atoms with Gasteiger partial charge >= 0.3 is 5.97 Å². The van der Waals surface area contributed by atoms with E-state index in [0.717, 1.165) is 6.07 Å². The molecular formula is C16H18N4O7S2. The van der Waals surface area contributed by atoms with Gasteiger partial charge in [-0.1, -0.05) is 0 Å². The van der Waals surface area contributed by atoms with Gasteiger partial charge in [-0.2, -0.15) is 0 Å². The van der Waals surface area contributed by atoms with Crippen molar-refractivity contribution in [3.8, 4) is 5.75 Å². The van der Waals surface area contributed by atoms with Crippen molar-refractivity contribution in [2.24, 2.45) is 0 Å². The van der Waals surface area contributed by atoms with Gasteiger partial charge in [-0.05, 0) is 18.2 Å². The van der Waals surface area contributed by atoms with Gasteiger partial charge in [0, 0.05) is 18.5 Å². The van der Waals surface area contributed by atoms with Gasteiger partial charge in [0.25, 0.3) is 15.9 Å². The molecule has 1 aliphatic heterocycles. The summed E-state index contributed by atoms with van der Waals surface area (Å²) in [5, 5.41) is 11.2. The Hall–Kier alpha value is -2.74. The molecule has 2 aromatic rings. The molecule has 2 heterocycles. The number of anilines is 1. The third kappa shape index (κ3) is 4.82. The third-order valence-electron chi connectivity index (χ3n) is 4.01. The summed E-state index contributed by atoms with van der Waals surface area (Å²) < 4.78 is 35.3. The number of carbonyl (C=O) groups is 2. The number of ether oxygens (including phenoxy) is 2. The van der Waals surface area contributed by atoms with Crippen LogP contribution in [-0.2, 0) is 14.8 Å². The smallest absolute Gasteiger partial charge is 0.335 e. The molecule has 156 valence electrons. The van der Waals surface area contributed by atoms with Gasteiger partial charge in [0.2, 0.25) is 0 Å². The molecule has 0 atom stereocenters. The number of nitrogens with one attached hydrogen (secondary N) is 2. The molecule has 0 aliphatic carbocycles. The van der Waals surface area contributed by atoms with E-state index in [-0.39, 0.29) is 17.0 Å². The van der Waals surface area contributed by atoms with Crippen molar-refractivity contribution in [1.82, 2.24) is 15.2 Å². The van der Waals surface area contributed by atoms with Crippen molar-refractivity contribution in [2.75, 3.05) is 38.3 Å². The second kappa shape index (κ2) is 8.73. The van der Waals surface area contributed by atoms with Crippen molar-refractivity contribution in [2.45, 2.75) is 4.90 Å². The van der Waals surface area contributed by atoms with E-state index in [1.807, 2.05) is 9.73 Å². The number of amides is 1. The minimum absolute atomic E-state index is 0.0467. The number of nitrogens with zero attached hydrogens (tertiary/aromatic N) is 2. The maximum absolute atomic E-state index is 12.5. The number of hydrazine groups is 1. The Kier molecular flexibility index (Phi) is 6.32. The molecule has 1 amide bonds. The molecule has 13 heteroatoms. The normalized spacial score (nSPS) is 14.4. The average Bonchev–Trinajstić information content (AvgIpc) is 3.22. The maximum Gasteiger partial charge on any atom is 0.335 e. The molecule has 0 saturated carbocycles. The number of aromatic nitrogens is 1. The number of hydrogen-bond acceptors (Lipinski definition) is 9. The lowest BCUT2D eigenvalue weighted by atomic mass is 10.2. The van der Waals surface area contributed by atoms with Gasteiger partial charge in [-0.25, -0.2) is 18.2 Å². The SMILES string of the molecule is COc1ccc(C(=O)O)cc1S(=O)(=O)NNC(=O)c1csc(N2CCOCC2)n1. The highest BCUT2D eigenvalue weighted by molar-refractivity contribution is 7.89. The van der Waals surface area contributed by atoms with E-state index in [1.54, 1.807) is 0 Å². The Morgan fingerprint density at radius 3 is 2.69 bits per heavy atom. The first-order chi connectivity index (χ1) is 13.8. The molecule has 0 unspecified atom stereocenters. The highest BCUT2D eigenvalue weighted by Crippen LogP contribution is 2.25. The first-order valence-corrected chi connectivity index (χ1v) is 10.7. The number of benzene rings is 1. The first-order valence-electron chi connectivity index (χ1n) is 8.33. The van der Waals surface area contributed by atoms with E-state index in [9.17, 15) is 18.0 Å². The Bertz CT molecular complexity index is 1020. The van der Waals surface area contributed by atoms with Crippen molar-refractivity contribution >= 4 is 38.4 Å². The summed E-state index contributed by atoms with van der Waals surface area (Å²) in [5.41, 5.74) is 1.88. The number of aromatic carboxylic acids is 1. The largest absolute Gasteiger partial charge is 0.495 e. The Morgan fingerprint density at radius 1 is 1.31 bits per heavy atom. The van der Waals surface area contributed by atoms with Crippen LogP contribution in [-0.4, -0.2) is 63.8 Å². The fourth-order valence-electron chi connectivity index (χ4n) is 2.52. The quantitative estimate of drug-likeness (QED) is 0.515. The molecule has 3 N–H and O–H groups in total. The van der Waals surface area contributed by atoms with Crippen molar-refractivity contribution in [1.29, 1.82) is 0 Å². The molecule has 1 aromatic heterocycles. The van der Waals surface area contributed by atoms with Crippen LogP contribution in [0.25, 0.3) is 0 Å². The van der Waals surface area contributed by atoms with Crippen LogP contribution in [0.2, 0.25) is 0 Å². The Labute approximate surface area is 170 Å². The molecule has 29 heavy (non-hydrogen) atoms. The summed E-state index contributed by atoms with van der Waals surface area (Å²) in [4.78, 5) is 31.1. The van der Waals surface area contributed by atoms with E-state index >= 15 is 0 Å². The number of methoxy groups -OCH3 is 1. The van der Waals surface area contributed by atoms with Gasteiger partial charge < -0.3 is 19.5 Å². The minimum atomic E-state index is -4.30. The molecule has 0 bridgehead atoms. The summed E-state index contributed by atoms with van der Waals surface area (Å²) in [6, 6.07) is 3.37. The fourth-order valence-corrected chi connectivity index (χ4v) is 4.42. The molecule has 3 rings (SSSR count). The minimum Gasteiger partial charge on any atom is -0.495 e. The summed E-state index contributed by atoms with van der Waals surface area (Å²) in [6.07, 6.45) is 0. The molecule has 0 radical (unpaired) electrons. The summed E-state index contributed by atoms with van der Waals surface area (Å²) >= 11 is 1.26. The molecule has 1 aliphatic rings. The summed E-state index contributed by atoms with van der Waals surface area (Å²) in [6.45, 7) is 2.44. The predicted octanol–water partition coefficient (Wildman–Crippen LogP) is 0.310. The zero-order valence-corrected chi connectivity index (χ0v) is 16.9. The van der Waals surface area contributed by atoms with E-state index < -0.39 is 26.8 Å². The van der Waals surface area contributed by atoms with Crippen LogP contribution in [0.4, 0.5) is 5.13 Å². The van der Waals surface area contributed by atoms with E-state index in [2.05, 4.69) is 10.4 Å². The van der Waals surface area contributed by atoms with Gasteiger partial charge in [0.1, 0.15) is 16.3 Å². The molecule has 1 saturated heterocycles. The van der Waals surface area contributed by atoms with Gasteiger partial charge in [-0.3, -0.25) is 10.2 Å². The number of carbonyl (C=O) groups excluding carboxylic acids is 1. The highest BCUT2D eigenvalue weighted by atomic mass is 32.2.